The number of carboxylic acid groups (broad SMARTS) is 1. The van der Waals surface area contributed by atoms with Crippen molar-refractivity contribution in [1.29, 1.82) is 0 Å². The quantitative estimate of drug-likeness (QED) is 0.303. The van der Waals surface area contributed by atoms with Crippen molar-refractivity contribution in [3.63, 3.8) is 0 Å². The summed E-state index contributed by atoms with van der Waals surface area (Å²) < 4.78 is 9.49. The average Bonchev–Trinajstić information content (AvgIpc) is 3.22. The predicted molar refractivity (Wildman–Crippen MR) is 126 cm³/mol. The number of benzene rings is 1. The third-order valence-corrected chi connectivity index (χ3v) is 7.19. The first-order chi connectivity index (χ1) is 14.6. The lowest BCUT2D eigenvalue weighted by Gasteiger charge is -2.15. The zero-order valence-electron chi connectivity index (χ0n) is 18.0. The summed E-state index contributed by atoms with van der Waals surface area (Å²) in [4.78, 5) is 21.1. The molecule has 0 saturated heterocycles. The smallest absolute Gasteiger partial charge is 0.339 e. The van der Waals surface area contributed by atoms with Crippen LogP contribution < -0.4 is 0 Å². The molecule has 31 heavy (non-hydrogen) atoms. The summed E-state index contributed by atoms with van der Waals surface area (Å²) in [6, 6.07) is 6.70. The van der Waals surface area contributed by atoms with Crippen LogP contribution in [0, 0.1) is 0 Å². The van der Waals surface area contributed by atoms with Gasteiger partial charge < -0.3 is 19.0 Å². The SMILES string of the molecule is Cn1cc(-c2cnc3c(n2)c(C(=O)O)cn3COCC[Si](C)(C)C)c2ccc(Cl)cc21. The first-order valence-corrected chi connectivity index (χ1v) is 14.1. The van der Waals surface area contributed by atoms with Crippen molar-refractivity contribution in [3.05, 3.63) is 47.4 Å². The second-order valence-electron chi connectivity index (χ2n) is 8.91. The average molecular weight is 457 g/mol. The van der Waals surface area contributed by atoms with E-state index in [0.29, 0.717) is 28.5 Å². The summed E-state index contributed by atoms with van der Waals surface area (Å²) in [5, 5.41) is 11.3. The standard InChI is InChI=1S/C22H25ClN4O3Si/c1-26-11-16(15-6-5-14(23)9-19(15)26)18-10-24-21-20(25-18)17(22(28)29)12-27(21)13-30-7-8-31(2,3)4/h5-6,9-12H,7-8,13H2,1-4H3,(H,28,29). The van der Waals surface area contributed by atoms with Crippen LogP contribution in [0.4, 0.5) is 0 Å². The molecule has 4 rings (SSSR count). The number of aromatic carboxylic acids is 1. The molecule has 0 radical (unpaired) electrons. The number of rotatable bonds is 7. The van der Waals surface area contributed by atoms with E-state index < -0.39 is 14.0 Å². The van der Waals surface area contributed by atoms with Crippen LogP contribution in [0.2, 0.25) is 30.7 Å². The molecule has 162 valence electrons. The van der Waals surface area contributed by atoms with Crippen LogP contribution in [0.5, 0.6) is 0 Å². The molecule has 0 saturated carbocycles. The van der Waals surface area contributed by atoms with Gasteiger partial charge in [0.1, 0.15) is 17.8 Å². The van der Waals surface area contributed by atoms with Crippen molar-refractivity contribution >= 4 is 47.7 Å². The summed E-state index contributed by atoms with van der Waals surface area (Å²) in [5.41, 5.74) is 3.42. The van der Waals surface area contributed by atoms with Gasteiger partial charge in [-0.1, -0.05) is 37.3 Å². The molecule has 1 aromatic carbocycles. The lowest BCUT2D eigenvalue weighted by Crippen LogP contribution is -2.22. The molecule has 0 bridgehead atoms. The maximum Gasteiger partial charge on any atom is 0.339 e. The zero-order chi connectivity index (χ0) is 22.3. The molecule has 4 aromatic rings. The zero-order valence-corrected chi connectivity index (χ0v) is 19.8. The largest absolute Gasteiger partial charge is 0.478 e. The van der Waals surface area contributed by atoms with Gasteiger partial charge in [-0.15, -0.1) is 0 Å². The van der Waals surface area contributed by atoms with Crippen molar-refractivity contribution in [2.45, 2.75) is 32.4 Å². The molecule has 0 fully saturated rings. The second kappa shape index (κ2) is 8.10. The molecule has 3 heterocycles. The third kappa shape index (κ3) is 4.37. The van der Waals surface area contributed by atoms with Crippen LogP contribution in [0.3, 0.4) is 0 Å². The van der Waals surface area contributed by atoms with Crippen LogP contribution in [-0.2, 0) is 18.5 Å². The van der Waals surface area contributed by atoms with Crippen molar-refractivity contribution in [1.82, 2.24) is 19.1 Å². The highest BCUT2D eigenvalue weighted by molar-refractivity contribution is 6.76. The van der Waals surface area contributed by atoms with Gasteiger partial charge in [0.15, 0.2) is 5.65 Å². The monoisotopic (exact) mass is 456 g/mol. The Labute approximate surface area is 186 Å². The number of halogens is 1. The molecule has 0 aliphatic rings. The van der Waals surface area contributed by atoms with E-state index in [1.165, 1.54) is 0 Å². The maximum atomic E-state index is 11.9. The van der Waals surface area contributed by atoms with Gasteiger partial charge in [-0.05, 0) is 18.2 Å². The highest BCUT2D eigenvalue weighted by Crippen LogP contribution is 2.32. The number of fused-ring (bicyclic) bond motifs is 2. The Balaban J connectivity index is 1.72. The van der Waals surface area contributed by atoms with Gasteiger partial charge in [0.2, 0.25) is 0 Å². The van der Waals surface area contributed by atoms with E-state index >= 15 is 0 Å². The molecule has 9 heteroatoms. The summed E-state index contributed by atoms with van der Waals surface area (Å²) in [6.07, 6.45) is 5.18. The number of ether oxygens (including phenoxy) is 1. The summed E-state index contributed by atoms with van der Waals surface area (Å²) in [7, 11) is 0.738. The molecule has 3 aromatic heterocycles. The van der Waals surface area contributed by atoms with E-state index in [4.69, 9.17) is 16.3 Å². The Hall–Kier alpha value is -2.68. The van der Waals surface area contributed by atoms with Crippen molar-refractivity contribution in [2.75, 3.05) is 6.61 Å². The number of carbonyl (C=O) groups is 1. The molecular formula is C22H25ClN4O3Si. The number of hydrogen-bond donors (Lipinski definition) is 1. The Kier molecular flexibility index (Phi) is 5.63. The molecule has 7 nitrogen and oxygen atoms in total. The lowest BCUT2D eigenvalue weighted by atomic mass is 10.1. The van der Waals surface area contributed by atoms with Gasteiger partial charge in [0.05, 0.1) is 11.9 Å². The van der Waals surface area contributed by atoms with Gasteiger partial charge in [-0.2, -0.15) is 0 Å². The van der Waals surface area contributed by atoms with E-state index in [9.17, 15) is 9.90 Å². The van der Waals surface area contributed by atoms with Gasteiger partial charge in [0, 0.05) is 55.6 Å². The van der Waals surface area contributed by atoms with Crippen LogP contribution in [0.1, 0.15) is 10.4 Å². The minimum Gasteiger partial charge on any atom is -0.478 e. The molecule has 0 spiro atoms. The van der Waals surface area contributed by atoms with E-state index in [1.54, 1.807) is 17.0 Å². The molecule has 1 N–H and O–H groups in total. The first-order valence-electron chi connectivity index (χ1n) is 10.1. The summed E-state index contributed by atoms with van der Waals surface area (Å²) in [6.45, 7) is 7.76. The summed E-state index contributed by atoms with van der Waals surface area (Å²) in [5.74, 6) is -1.04. The number of hydrogen-bond acceptors (Lipinski definition) is 4. The van der Waals surface area contributed by atoms with Crippen molar-refractivity contribution < 1.29 is 14.6 Å². The fraction of sp³-hybridized carbons (Fsp3) is 0.318. The van der Waals surface area contributed by atoms with Crippen LogP contribution in [-0.4, -0.2) is 44.9 Å². The van der Waals surface area contributed by atoms with Crippen molar-refractivity contribution in [2.24, 2.45) is 7.05 Å². The lowest BCUT2D eigenvalue weighted by molar-refractivity contribution is 0.0696. The number of aromatic nitrogens is 4. The Bertz CT molecular complexity index is 1290. The highest BCUT2D eigenvalue weighted by Gasteiger charge is 2.20. The van der Waals surface area contributed by atoms with Gasteiger partial charge in [-0.3, -0.25) is 0 Å². The second-order valence-corrected chi connectivity index (χ2v) is 15.0. The van der Waals surface area contributed by atoms with Gasteiger partial charge in [-0.25, -0.2) is 14.8 Å². The minimum absolute atomic E-state index is 0.112. The molecular weight excluding hydrogens is 432 g/mol. The molecule has 0 amide bonds. The van der Waals surface area contributed by atoms with E-state index in [0.717, 1.165) is 22.5 Å². The van der Waals surface area contributed by atoms with Crippen molar-refractivity contribution in [3.8, 4) is 11.3 Å². The van der Waals surface area contributed by atoms with E-state index in [1.807, 2.05) is 36.0 Å². The first kappa shape index (κ1) is 21.5. The predicted octanol–water partition coefficient (Wildman–Crippen LogP) is 5.25. The fourth-order valence-corrected chi connectivity index (χ4v) is 4.46. The number of aryl methyl sites for hydroxylation is 1. The Morgan fingerprint density at radius 2 is 2.03 bits per heavy atom. The summed E-state index contributed by atoms with van der Waals surface area (Å²) >= 11 is 6.14. The molecule has 0 unspecified atom stereocenters. The van der Waals surface area contributed by atoms with Gasteiger partial charge in [0.25, 0.3) is 0 Å². The Morgan fingerprint density at radius 1 is 1.26 bits per heavy atom. The van der Waals surface area contributed by atoms with Crippen LogP contribution in [0.25, 0.3) is 33.3 Å². The van der Waals surface area contributed by atoms with E-state index in [2.05, 4.69) is 29.6 Å². The minimum atomic E-state index is -1.20. The molecule has 0 aliphatic heterocycles. The third-order valence-electron chi connectivity index (χ3n) is 5.25. The maximum absolute atomic E-state index is 11.9. The van der Waals surface area contributed by atoms with Crippen LogP contribution in [0.15, 0.2) is 36.8 Å². The van der Waals surface area contributed by atoms with E-state index in [-0.39, 0.29) is 12.3 Å². The fourth-order valence-electron chi connectivity index (χ4n) is 3.54. The number of nitrogens with zero attached hydrogens (tertiary/aromatic N) is 4. The van der Waals surface area contributed by atoms with Gasteiger partial charge >= 0.3 is 5.97 Å². The molecule has 0 atom stereocenters. The Morgan fingerprint density at radius 3 is 2.74 bits per heavy atom. The normalized spacial score (nSPS) is 12.2. The highest BCUT2D eigenvalue weighted by atomic mass is 35.5. The molecule has 0 aliphatic carbocycles. The van der Waals surface area contributed by atoms with Crippen LogP contribution >= 0.6 is 11.6 Å². The number of carboxylic acids is 1. The topological polar surface area (TPSA) is 82.2 Å².